The molecule has 1 aliphatic heterocycles. The predicted molar refractivity (Wildman–Crippen MR) is 59.2 cm³/mol. The molecular weight excluding hydrogens is 194 g/mol. The molecule has 1 saturated heterocycles. The highest BCUT2D eigenvalue weighted by molar-refractivity contribution is 5.82. The van der Waals surface area contributed by atoms with Gasteiger partial charge in [0.05, 0.1) is 6.61 Å². The molecule has 15 heavy (non-hydrogen) atoms. The predicted octanol–water partition coefficient (Wildman–Crippen LogP) is 0.0498. The fourth-order valence-corrected chi connectivity index (χ4v) is 1.68. The Labute approximate surface area is 91.0 Å². The minimum atomic E-state index is -0.207. The minimum absolute atomic E-state index is 0.136. The fourth-order valence-electron chi connectivity index (χ4n) is 1.68. The van der Waals surface area contributed by atoms with Gasteiger partial charge in [-0.3, -0.25) is 10.3 Å². The van der Waals surface area contributed by atoms with E-state index in [9.17, 15) is 0 Å². The Hall–Kier alpha value is -0.650. The zero-order chi connectivity index (χ0) is 11.1. The molecule has 0 saturated carbocycles. The molecule has 0 aromatic carbocycles. The molecule has 0 aromatic heterocycles. The van der Waals surface area contributed by atoms with Crippen LogP contribution in [0.15, 0.2) is 0 Å². The SMILES string of the molecule is COCCCCN1CCOC(C(=N)N)C1. The number of nitrogens with one attached hydrogen (secondary N) is 1. The second kappa shape index (κ2) is 6.76. The first-order valence-electron chi connectivity index (χ1n) is 5.41. The van der Waals surface area contributed by atoms with E-state index in [4.69, 9.17) is 20.6 Å². The number of ether oxygens (including phenoxy) is 2. The van der Waals surface area contributed by atoms with Crippen LogP contribution in [0.4, 0.5) is 0 Å². The van der Waals surface area contributed by atoms with Gasteiger partial charge in [-0.25, -0.2) is 0 Å². The van der Waals surface area contributed by atoms with Crippen LogP contribution in [0.5, 0.6) is 0 Å². The van der Waals surface area contributed by atoms with Crippen LogP contribution in [-0.4, -0.2) is 56.8 Å². The molecule has 0 aliphatic carbocycles. The number of hydrogen-bond acceptors (Lipinski definition) is 4. The van der Waals surface area contributed by atoms with Crippen molar-refractivity contribution in [2.45, 2.75) is 18.9 Å². The summed E-state index contributed by atoms with van der Waals surface area (Å²) in [5, 5.41) is 7.33. The standard InChI is InChI=1S/C10H21N3O2/c1-14-6-3-2-4-13-5-7-15-9(8-13)10(11)12/h9H,2-8H2,1H3,(H3,11,12). The smallest absolute Gasteiger partial charge is 0.127 e. The Kier molecular flexibility index (Phi) is 5.60. The molecule has 1 aliphatic rings. The Morgan fingerprint density at radius 3 is 3.07 bits per heavy atom. The van der Waals surface area contributed by atoms with Gasteiger partial charge in [0.25, 0.3) is 0 Å². The third-order valence-corrected chi connectivity index (χ3v) is 2.57. The number of morpholine rings is 1. The lowest BCUT2D eigenvalue weighted by atomic mass is 10.2. The maximum Gasteiger partial charge on any atom is 0.127 e. The summed E-state index contributed by atoms with van der Waals surface area (Å²) < 4.78 is 10.4. The lowest BCUT2D eigenvalue weighted by molar-refractivity contribution is 0.00461. The first-order chi connectivity index (χ1) is 7.24. The van der Waals surface area contributed by atoms with Gasteiger partial charge in [-0.1, -0.05) is 0 Å². The summed E-state index contributed by atoms with van der Waals surface area (Å²) in [6.45, 7) is 4.23. The molecule has 0 radical (unpaired) electrons. The molecule has 1 unspecified atom stereocenters. The summed E-state index contributed by atoms with van der Waals surface area (Å²) in [6.07, 6.45) is 2.00. The Morgan fingerprint density at radius 1 is 1.60 bits per heavy atom. The highest BCUT2D eigenvalue weighted by Crippen LogP contribution is 2.06. The molecule has 1 heterocycles. The van der Waals surface area contributed by atoms with Crippen LogP contribution in [0.2, 0.25) is 0 Å². The van der Waals surface area contributed by atoms with Gasteiger partial charge in [-0.15, -0.1) is 0 Å². The van der Waals surface area contributed by atoms with Crippen molar-refractivity contribution in [1.29, 1.82) is 5.41 Å². The van der Waals surface area contributed by atoms with Gasteiger partial charge in [-0.2, -0.15) is 0 Å². The second-order valence-corrected chi connectivity index (χ2v) is 3.82. The van der Waals surface area contributed by atoms with Gasteiger partial charge in [0, 0.05) is 26.8 Å². The van der Waals surface area contributed by atoms with E-state index in [-0.39, 0.29) is 11.9 Å². The maximum absolute atomic E-state index is 7.33. The van der Waals surface area contributed by atoms with E-state index in [1.807, 2.05) is 0 Å². The molecular formula is C10H21N3O2. The highest BCUT2D eigenvalue weighted by atomic mass is 16.5. The fraction of sp³-hybridized carbons (Fsp3) is 0.900. The van der Waals surface area contributed by atoms with E-state index in [2.05, 4.69) is 4.90 Å². The first-order valence-corrected chi connectivity index (χ1v) is 5.41. The monoisotopic (exact) mass is 215 g/mol. The molecule has 1 atom stereocenters. The zero-order valence-electron chi connectivity index (χ0n) is 9.37. The lowest BCUT2D eigenvalue weighted by Crippen LogP contribution is -2.48. The molecule has 1 rings (SSSR count). The summed E-state index contributed by atoms with van der Waals surface area (Å²) in [6, 6.07) is 0. The van der Waals surface area contributed by atoms with E-state index in [0.29, 0.717) is 6.61 Å². The average Bonchev–Trinajstić information content (AvgIpc) is 2.25. The highest BCUT2D eigenvalue weighted by Gasteiger charge is 2.21. The molecule has 5 heteroatoms. The molecule has 0 spiro atoms. The zero-order valence-corrected chi connectivity index (χ0v) is 9.37. The molecule has 0 aromatic rings. The van der Waals surface area contributed by atoms with Crippen molar-refractivity contribution in [1.82, 2.24) is 4.90 Å². The summed E-state index contributed by atoms with van der Waals surface area (Å²) in [7, 11) is 1.72. The van der Waals surface area contributed by atoms with Crippen LogP contribution in [0.1, 0.15) is 12.8 Å². The van der Waals surface area contributed by atoms with Crippen molar-refractivity contribution in [3.05, 3.63) is 0 Å². The molecule has 88 valence electrons. The van der Waals surface area contributed by atoms with E-state index in [1.54, 1.807) is 7.11 Å². The van der Waals surface area contributed by atoms with Crippen molar-refractivity contribution < 1.29 is 9.47 Å². The number of nitrogens with zero attached hydrogens (tertiary/aromatic N) is 1. The third kappa shape index (κ3) is 4.59. The van der Waals surface area contributed by atoms with Gasteiger partial charge >= 0.3 is 0 Å². The van der Waals surface area contributed by atoms with Crippen LogP contribution in [0.25, 0.3) is 0 Å². The maximum atomic E-state index is 7.33. The molecule has 0 bridgehead atoms. The lowest BCUT2D eigenvalue weighted by Gasteiger charge is -2.32. The summed E-state index contributed by atoms with van der Waals surface area (Å²) in [4.78, 5) is 2.30. The summed E-state index contributed by atoms with van der Waals surface area (Å²) in [5.41, 5.74) is 5.42. The van der Waals surface area contributed by atoms with Gasteiger partial charge in [0.2, 0.25) is 0 Å². The van der Waals surface area contributed by atoms with E-state index < -0.39 is 0 Å². The molecule has 3 N–H and O–H groups in total. The number of nitrogens with two attached hydrogens (primary N) is 1. The van der Waals surface area contributed by atoms with Gasteiger partial charge in [0.1, 0.15) is 11.9 Å². The van der Waals surface area contributed by atoms with Crippen molar-refractivity contribution in [3.8, 4) is 0 Å². The number of unbranched alkanes of at least 4 members (excludes halogenated alkanes) is 1. The van der Waals surface area contributed by atoms with Crippen LogP contribution in [-0.2, 0) is 9.47 Å². The van der Waals surface area contributed by atoms with Crippen LogP contribution < -0.4 is 5.73 Å². The van der Waals surface area contributed by atoms with E-state index in [1.165, 1.54) is 0 Å². The first kappa shape index (κ1) is 12.4. The molecule has 1 fully saturated rings. The van der Waals surface area contributed by atoms with Crippen LogP contribution in [0.3, 0.4) is 0 Å². The number of methoxy groups -OCH3 is 1. The quantitative estimate of drug-likeness (QED) is 0.373. The largest absolute Gasteiger partial charge is 0.385 e. The Morgan fingerprint density at radius 2 is 2.40 bits per heavy atom. The van der Waals surface area contributed by atoms with Crippen LogP contribution >= 0.6 is 0 Å². The van der Waals surface area contributed by atoms with Crippen molar-refractivity contribution in [2.75, 3.05) is 40.0 Å². The average molecular weight is 215 g/mol. The van der Waals surface area contributed by atoms with E-state index in [0.717, 1.165) is 39.1 Å². The summed E-state index contributed by atoms with van der Waals surface area (Å²) in [5.74, 6) is 0.136. The van der Waals surface area contributed by atoms with Crippen molar-refractivity contribution in [2.24, 2.45) is 5.73 Å². The number of amidine groups is 1. The normalized spacial score (nSPS) is 22.9. The van der Waals surface area contributed by atoms with E-state index >= 15 is 0 Å². The molecule has 5 nitrogen and oxygen atoms in total. The Bertz CT molecular complexity index is 199. The van der Waals surface area contributed by atoms with Crippen molar-refractivity contribution in [3.63, 3.8) is 0 Å². The minimum Gasteiger partial charge on any atom is -0.385 e. The topological polar surface area (TPSA) is 71.6 Å². The summed E-state index contributed by atoms with van der Waals surface area (Å²) >= 11 is 0. The van der Waals surface area contributed by atoms with Gasteiger partial charge in [-0.05, 0) is 19.4 Å². The molecule has 0 amide bonds. The Balaban J connectivity index is 2.15. The second-order valence-electron chi connectivity index (χ2n) is 3.82. The van der Waals surface area contributed by atoms with Crippen LogP contribution in [0, 0.1) is 5.41 Å². The number of hydrogen-bond donors (Lipinski definition) is 2. The third-order valence-electron chi connectivity index (χ3n) is 2.57. The van der Waals surface area contributed by atoms with Crippen molar-refractivity contribution >= 4 is 5.84 Å². The van der Waals surface area contributed by atoms with Gasteiger partial charge in [0.15, 0.2) is 0 Å². The van der Waals surface area contributed by atoms with Gasteiger partial charge < -0.3 is 15.2 Å². The number of rotatable bonds is 6.